The molecule has 0 amide bonds. The van der Waals surface area contributed by atoms with Crippen molar-refractivity contribution in [2.45, 2.75) is 19.5 Å². The van der Waals surface area contributed by atoms with Gasteiger partial charge >= 0.3 is 0 Å². The number of pyridine rings is 2. The molecule has 7 rings (SSSR count). The maximum atomic E-state index is 12.5. The van der Waals surface area contributed by atoms with Crippen molar-refractivity contribution in [1.82, 2.24) is 19.9 Å². The van der Waals surface area contributed by atoms with Crippen LogP contribution in [0.5, 0.6) is 0 Å². The fourth-order valence-electron chi connectivity index (χ4n) is 5.58. The van der Waals surface area contributed by atoms with Crippen LogP contribution in [0.25, 0.3) is 44.2 Å². The van der Waals surface area contributed by atoms with E-state index < -0.39 is 0 Å². The molecule has 37 heavy (non-hydrogen) atoms. The third-order valence-electron chi connectivity index (χ3n) is 7.43. The Morgan fingerprint density at radius 3 is 2.51 bits per heavy atom. The molecule has 0 saturated carbocycles. The highest BCUT2D eigenvalue weighted by molar-refractivity contribution is 5.91. The Hall–Kier alpha value is -4.48. The number of hydrogen-bond acceptors (Lipinski definition) is 3. The van der Waals surface area contributed by atoms with E-state index in [1.54, 1.807) is 6.20 Å². The van der Waals surface area contributed by atoms with Crippen LogP contribution in [0.1, 0.15) is 16.8 Å². The molecule has 0 fully saturated rings. The number of fused-ring (bicyclic) bond motifs is 4. The van der Waals surface area contributed by atoms with E-state index in [1.807, 2.05) is 30.3 Å². The molecule has 0 spiro atoms. The number of H-pyrrole nitrogens is 2. The van der Waals surface area contributed by atoms with Gasteiger partial charge < -0.3 is 9.97 Å². The van der Waals surface area contributed by atoms with E-state index in [9.17, 15) is 4.79 Å². The number of hydrogen-bond donors (Lipinski definition) is 2. The van der Waals surface area contributed by atoms with E-state index >= 15 is 0 Å². The molecule has 0 atom stereocenters. The molecule has 3 aromatic carbocycles. The van der Waals surface area contributed by atoms with Crippen molar-refractivity contribution in [3.63, 3.8) is 0 Å². The van der Waals surface area contributed by atoms with Gasteiger partial charge in [0.1, 0.15) is 0 Å². The predicted molar refractivity (Wildman–Crippen MR) is 149 cm³/mol. The highest BCUT2D eigenvalue weighted by Crippen LogP contribution is 2.33. The van der Waals surface area contributed by atoms with E-state index in [0.29, 0.717) is 10.9 Å². The van der Waals surface area contributed by atoms with Crippen LogP contribution in [0.15, 0.2) is 102 Å². The second-order valence-corrected chi connectivity index (χ2v) is 9.78. The average molecular weight is 483 g/mol. The molecule has 3 aromatic heterocycles. The summed E-state index contributed by atoms with van der Waals surface area (Å²) in [5.74, 6) is 0. The van der Waals surface area contributed by atoms with Crippen LogP contribution < -0.4 is 5.56 Å². The summed E-state index contributed by atoms with van der Waals surface area (Å²) >= 11 is 0. The first-order valence-electron chi connectivity index (χ1n) is 12.7. The summed E-state index contributed by atoms with van der Waals surface area (Å²) in [6.07, 6.45) is 2.72. The predicted octanol–water partition coefficient (Wildman–Crippen LogP) is 6.30. The lowest BCUT2D eigenvalue weighted by molar-refractivity contribution is 0.243. The van der Waals surface area contributed by atoms with Crippen LogP contribution >= 0.6 is 0 Å². The minimum atomic E-state index is -0.122. The second kappa shape index (κ2) is 8.87. The zero-order valence-corrected chi connectivity index (χ0v) is 20.4. The lowest BCUT2D eigenvalue weighted by Gasteiger charge is -2.27. The van der Waals surface area contributed by atoms with Crippen LogP contribution in [0.4, 0.5) is 0 Å². The highest BCUT2D eigenvalue weighted by atomic mass is 16.1. The maximum Gasteiger partial charge on any atom is 0.257 e. The van der Waals surface area contributed by atoms with Gasteiger partial charge in [-0.05, 0) is 41.3 Å². The summed E-state index contributed by atoms with van der Waals surface area (Å²) in [5.41, 5.74) is 9.83. The molecule has 2 N–H and O–H groups in total. The van der Waals surface area contributed by atoms with Crippen LogP contribution in [-0.2, 0) is 19.5 Å². The maximum absolute atomic E-state index is 12.5. The molecular formula is C32H26N4O. The largest absolute Gasteiger partial charge is 0.357 e. The van der Waals surface area contributed by atoms with Crippen molar-refractivity contribution < 1.29 is 0 Å². The minimum Gasteiger partial charge on any atom is -0.357 e. The number of nitrogens with one attached hydrogen (secondary N) is 2. The number of nitrogens with zero attached hydrogens (tertiary/aromatic N) is 2. The van der Waals surface area contributed by atoms with Gasteiger partial charge in [0.2, 0.25) is 0 Å². The Bertz CT molecular complexity index is 1800. The summed E-state index contributed by atoms with van der Waals surface area (Å²) in [6.45, 7) is 2.89. The van der Waals surface area contributed by atoms with Crippen molar-refractivity contribution in [1.29, 1.82) is 0 Å². The molecule has 180 valence electrons. The normalized spacial score (nSPS) is 13.7. The number of rotatable bonds is 4. The van der Waals surface area contributed by atoms with E-state index in [-0.39, 0.29) is 5.56 Å². The van der Waals surface area contributed by atoms with Crippen molar-refractivity contribution in [2.24, 2.45) is 0 Å². The SMILES string of the molecule is O=c1[nH]ccc2nc(-c3ccc(CN4CCc5c([nH]c6ccccc56)C4)cc3)c(-c3ccccc3)cc12. The molecule has 0 unspecified atom stereocenters. The fraction of sp³-hybridized carbons (Fsp3) is 0.125. The zero-order valence-electron chi connectivity index (χ0n) is 20.4. The zero-order chi connectivity index (χ0) is 24.8. The Morgan fingerprint density at radius 1 is 0.838 bits per heavy atom. The second-order valence-electron chi connectivity index (χ2n) is 9.78. The Balaban J connectivity index is 1.19. The summed E-state index contributed by atoms with van der Waals surface area (Å²) in [4.78, 5) is 26.3. The molecule has 5 heteroatoms. The van der Waals surface area contributed by atoms with Crippen LogP contribution in [0, 0.1) is 0 Å². The molecule has 6 aromatic rings. The van der Waals surface area contributed by atoms with Gasteiger partial charge in [-0.3, -0.25) is 9.69 Å². The van der Waals surface area contributed by atoms with Crippen LogP contribution in [0.2, 0.25) is 0 Å². The summed E-state index contributed by atoms with van der Waals surface area (Å²) in [7, 11) is 0. The lowest BCUT2D eigenvalue weighted by atomic mass is 9.97. The Labute approximate surface area is 214 Å². The van der Waals surface area contributed by atoms with E-state index in [1.165, 1.54) is 27.7 Å². The molecule has 5 nitrogen and oxygen atoms in total. The van der Waals surface area contributed by atoms with E-state index in [0.717, 1.165) is 48.4 Å². The third kappa shape index (κ3) is 3.94. The van der Waals surface area contributed by atoms with Gasteiger partial charge in [-0.1, -0.05) is 72.8 Å². The lowest BCUT2D eigenvalue weighted by Crippen LogP contribution is -2.29. The highest BCUT2D eigenvalue weighted by Gasteiger charge is 2.20. The smallest absolute Gasteiger partial charge is 0.257 e. The van der Waals surface area contributed by atoms with Gasteiger partial charge in [-0.15, -0.1) is 0 Å². The molecule has 0 aliphatic carbocycles. The third-order valence-corrected chi connectivity index (χ3v) is 7.43. The Morgan fingerprint density at radius 2 is 1.65 bits per heavy atom. The van der Waals surface area contributed by atoms with Gasteiger partial charge in [0, 0.05) is 53.6 Å². The van der Waals surface area contributed by atoms with Gasteiger partial charge in [0.05, 0.1) is 16.6 Å². The number of para-hydroxylation sites is 1. The van der Waals surface area contributed by atoms with Gasteiger partial charge in [0.25, 0.3) is 5.56 Å². The van der Waals surface area contributed by atoms with Crippen molar-refractivity contribution >= 4 is 21.8 Å². The Kier molecular flexibility index (Phi) is 5.22. The molecular weight excluding hydrogens is 456 g/mol. The summed E-state index contributed by atoms with van der Waals surface area (Å²) in [6, 6.07) is 31.3. The quantitative estimate of drug-likeness (QED) is 0.310. The number of benzene rings is 3. The van der Waals surface area contributed by atoms with Crippen molar-refractivity contribution in [2.75, 3.05) is 6.54 Å². The first kappa shape index (κ1) is 21.8. The van der Waals surface area contributed by atoms with E-state index in [4.69, 9.17) is 4.98 Å². The van der Waals surface area contributed by atoms with Crippen LogP contribution in [0.3, 0.4) is 0 Å². The van der Waals surface area contributed by atoms with Gasteiger partial charge in [-0.2, -0.15) is 0 Å². The molecule has 1 aliphatic rings. The van der Waals surface area contributed by atoms with Gasteiger partial charge in [-0.25, -0.2) is 4.98 Å². The first-order valence-corrected chi connectivity index (χ1v) is 12.7. The molecule has 0 radical (unpaired) electrons. The summed E-state index contributed by atoms with van der Waals surface area (Å²) < 4.78 is 0. The molecule has 0 saturated heterocycles. The average Bonchev–Trinajstić information content (AvgIpc) is 3.31. The van der Waals surface area contributed by atoms with Gasteiger partial charge in [0.15, 0.2) is 0 Å². The van der Waals surface area contributed by atoms with E-state index in [2.05, 4.69) is 75.5 Å². The number of aromatic nitrogens is 3. The first-order chi connectivity index (χ1) is 18.2. The standard InChI is InChI=1S/C32H26N4O/c37-32-27-18-26(22-6-2-1-3-7-22)31(35-29(27)14-16-33-32)23-12-10-21(11-13-23)19-36-17-15-25-24-8-4-5-9-28(24)34-30(25)20-36/h1-14,16,18,34H,15,17,19-20H2,(H,33,37). The molecule has 0 bridgehead atoms. The minimum absolute atomic E-state index is 0.122. The molecule has 4 heterocycles. The monoisotopic (exact) mass is 482 g/mol. The van der Waals surface area contributed by atoms with Crippen molar-refractivity contribution in [3.05, 3.63) is 124 Å². The topological polar surface area (TPSA) is 64.8 Å². The van der Waals surface area contributed by atoms with Crippen LogP contribution in [-0.4, -0.2) is 26.4 Å². The number of aromatic amines is 2. The summed E-state index contributed by atoms with van der Waals surface area (Å²) in [5, 5.41) is 1.96. The molecule has 1 aliphatic heterocycles. The van der Waals surface area contributed by atoms with Crippen molar-refractivity contribution in [3.8, 4) is 22.4 Å². The fourth-order valence-corrected chi connectivity index (χ4v) is 5.58.